The number of esters is 1. The number of hydrogen-bond acceptors (Lipinski definition) is 5. The molecule has 0 saturated carbocycles. The highest BCUT2D eigenvalue weighted by molar-refractivity contribution is 6.01. The topological polar surface area (TPSA) is 57.7 Å². The molecule has 0 spiro atoms. The normalized spacial score (nSPS) is 15.7. The predicted molar refractivity (Wildman–Crippen MR) is 76.3 cm³/mol. The fourth-order valence-corrected chi connectivity index (χ4v) is 2.29. The molecule has 5 nitrogen and oxygen atoms in total. The summed E-state index contributed by atoms with van der Waals surface area (Å²) in [5.41, 5.74) is 1.94. The Morgan fingerprint density at radius 2 is 1.95 bits per heavy atom. The fourth-order valence-electron chi connectivity index (χ4n) is 2.29. The van der Waals surface area contributed by atoms with E-state index in [4.69, 9.17) is 14.2 Å². The third kappa shape index (κ3) is 2.42. The van der Waals surface area contributed by atoms with Crippen molar-refractivity contribution in [2.24, 2.45) is 0 Å². The highest BCUT2D eigenvalue weighted by Crippen LogP contribution is 2.37. The minimum absolute atomic E-state index is 0.396. The molecule has 1 aliphatic rings. The van der Waals surface area contributed by atoms with E-state index in [1.165, 1.54) is 0 Å². The van der Waals surface area contributed by atoms with Gasteiger partial charge >= 0.3 is 5.97 Å². The van der Waals surface area contributed by atoms with Crippen LogP contribution in [0.15, 0.2) is 36.5 Å². The second-order valence-corrected chi connectivity index (χ2v) is 5.16. The molecule has 2 heterocycles. The summed E-state index contributed by atoms with van der Waals surface area (Å²) in [6, 6.07) is 9.03. The number of aromatic nitrogens is 1. The summed E-state index contributed by atoms with van der Waals surface area (Å²) >= 11 is 0. The summed E-state index contributed by atoms with van der Waals surface area (Å²) in [4.78, 5) is 16.4. The molecule has 21 heavy (non-hydrogen) atoms. The Hall–Kier alpha value is -2.56. The lowest BCUT2D eigenvalue weighted by Gasteiger charge is -2.32. The molecule has 0 atom stereocenters. The first-order chi connectivity index (χ1) is 10.00. The van der Waals surface area contributed by atoms with Gasteiger partial charge in [0.2, 0.25) is 11.7 Å². The van der Waals surface area contributed by atoms with E-state index in [-0.39, 0.29) is 0 Å². The van der Waals surface area contributed by atoms with E-state index in [0.717, 1.165) is 11.1 Å². The number of fused-ring (bicyclic) bond motifs is 1. The van der Waals surface area contributed by atoms with Crippen LogP contribution in [0.1, 0.15) is 24.2 Å². The Morgan fingerprint density at radius 3 is 2.62 bits per heavy atom. The Kier molecular flexibility index (Phi) is 3.05. The van der Waals surface area contributed by atoms with Gasteiger partial charge in [0, 0.05) is 37.2 Å². The highest BCUT2D eigenvalue weighted by atomic mass is 16.7. The minimum Gasteiger partial charge on any atom is -0.481 e. The number of pyridine rings is 1. The van der Waals surface area contributed by atoms with Crippen molar-refractivity contribution in [3.63, 3.8) is 0 Å². The van der Waals surface area contributed by atoms with Crippen LogP contribution in [0.4, 0.5) is 0 Å². The molecular formula is C16H15NO4. The molecule has 1 aromatic carbocycles. The zero-order valence-corrected chi connectivity index (χ0v) is 12.0. The van der Waals surface area contributed by atoms with Gasteiger partial charge in [-0.2, -0.15) is 0 Å². The SMILES string of the molecule is COc1ccc(-c2cccc3c2C(=O)OC(C)(C)O3)cn1. The second kappa shape index (κ2) is 4.77. The van der Waals surface area contributed by atoms with E-state index in [0.29, 0.717) is 17.2 Å². The van der Waals surface area contributed by atoms with Crippen LogP contribution in [0.2, 0.25) is 0 Å². The van der Waals surface area contributed by atoms with Crippen molar-refractivity contribution in [3.8, 4) is 22.8 Å². The molecule has 1 aromatic heterocycles. The average molecular weight is 285 g/mol. The molecule has 1 aliphatic heterocycles. The largest absolute Gasteiger partial charge is 0.481 e. The number of methoxy groups -OCH3 is 1. The van der Waals surface area contributed by atoms with Crippen LogP contribution in [0.5, 0.6) is 11.6 Å². The second-order valence-electron chi connectivity index (χ2n) is 5.16. The maximum absolute atomic E-state index is 12.3. The number of benzene rings is 1. The summed E-state index contributed by atoms with van der Waals surface area (Å²) in [6.07, 6.45) is 1.65. The molecule has 0 amide bonds. The molecule has 0 bridgehead atoms. The van der Waals surface area contributed by atoms with Gasteiger partial charge in [-0.1, -0.05) is 12.1 Å². The first-order valence-corrected chi connectivity index (χ1v) is 6.56. The molecule has 0 radical (unpaired) electrons. The molecule has 0 saturated heterocycles. The monoisotopic (exact) mass is 285 g/mol. The number of carbonyl (C=O) groups is 1. The molecule has 0 aliphatic carbocycles. The predicted octanol–water partition coefficient (Wildman–Crippen LogP) is 3.04. The average Bonchev–Trinajstić information content (AvgIpc) is 2.45. The van der Waals surface area contributed by atoms with Crippen molar-refractivity contribution in [2.75, 3.05) is 7.11 Å². The van der Waals surface area contributed by atoms with Gasteiger partial charge in [0.25, 0.3) is 0 Å². The Balaban J connectivity index is 2.10. The number of carbonyl (C=O) groups excluding carboxylic acids is 1. The van der Waals surface area contributed by atoms with Crippen molar-refractivity contribution >= 4 is 5.97 Å². The minimum atomic E-state index is -0.957. The van der Waals surface area contributed by atoms with Gasteiger partial charge in [-0.15, -0.1) is 0 Å². The van der Waals surface area contributed by atoms with Gasteiger partial charge in [-0.25, -0.2) is 9.78 Å². The van der Waals surface area contributed by atoms with Crippen LogP contribution in [-0.2, 0) is 4.74 Å². The van der Waals surface area contributed by atoms with E-state index in [9.17, 15) is 4.79 Å². The maximum Gasteiger partial charge on any atom is 0.345 e. The quantitative estimate of drug-likeness (QED) is 0.794. The molecule has 0 fully saturated rings. The third-order valence-electron chi connectivity index (χ3n) is 3.18. The smallest absolute Gasteiger partial charge is 0.345 e. The molecule has 0 unspecified atom stereocenters. The molecule has 0 N–H and O–H groups in total. The first-order valence-electron chi connectivity index (χ1n) is 6.56. The van der Waals surface area contributed by atoms with E-state index in [1.54, 1.807) is 39.3 Å². The molecule has 108 valence electrons. The van der Waals surface area contributed by atoms with Crippen LogP contribution in [0, 0.1) is 0 Å². The molecule has 3 rings (SSSR count). The number of nitrogens with zero attached hydrogens (tertiary/aromatic N) is 1. The summed E-state index contributed by atoms with van der Waals surface area (Å²) < 4.78 is 16.0. The maximum atomic E-state index is 12.3. The Bertz CT molecular complexity index is 692. The number of cyclic esters (lactones) is 1. The van der Waals surface area contributed by atoms with Gasteiger partial charge in [0.1, 0.15) is 11.3 Å². The van der Waals surface area contributed by atoms with Crippen molar-refractivity contribution < 1.29 is 19.0 Å². The van der Waals surface area contributed by atoms with E-state index in [2.05, 4.69) is 4.98 Å². The molecule has 5 heteroatoms. The molecule has 2 aromatic rings. The van der Waals surface area contributed by atoms with Crippen molar-refractivity contribution in [1.82, 2.24) is 4.98 Å². The summed E-state index contributed by atoms with van der Waals surface area (Å²) in [6.45, 7) is 3.41. The summed E-state index contributed by atoms with van der Waals surface area (Å²) in [7, 11) is 1.56. The Labute approximate surface area is 122 Å². The number of ether oxygens (including phenoxy) is 3. The zero-order valence-electron chi connectivity index (χ0n) is 12.0. The van der Waals surface area contributed by atoms with Gasteiger partial charge < -0.3 is 14.2 Å². The van der Waals surface area contributed by atoms with Crippen LogP contribution >= 0.6 is 0 Å². The van der Waals surface area contributed by atoms with Crippen LogP contribution in [0.25, 0.3) is 11.1 Å². The van der Waals surface area contributed by atoms with Gasteiger partial charge in [0.15, 0.2) is 0 Å². The number of hydrogen-bond donors (Lipinski definition) is 0. The standard InChI is InChI=1S/C16H15NO4/c1-16(2)20-12-6-4-5-11(14(12)15(18)21-16)10-7-8-13(19-3)17-9-10/h4-9H,1-3H3. The lowest BCUT2D eigenvalue weighted by atomic mass is 9.99. The van der Waals surface area contributed by atoms with Crippen LogP contribution in [0.3, 0.4) is 0 Å². The van der Waals surface area contributed by atoms with Crippen LogP contribution in [-0.4, -0.2) is 23.9 Å². The van der Waals surface area contributed by atoms with Crippen molar-refractivity contribution in [2.45, 2.75) is 19.6 Å². The van der Waals surface area contributed by atoms with E-state index < -0.39 is 11.8 Å². The Morgan fingerprint density at radius 1 is 1.14 bits per heavy atom. The van der Waals surface area contributed by atoms with Crippen molar-refractivity contribution in [1.29, 1.82) is 0 Å². The highest BCUT2D eigenvalue weighted by Gasteiger charge is 2.35. The van der Waals surface area contributed by atoms with E-state index in [1.807, 2.05) is 18.2 Å². The first kappa shape index (κ1) is 13.4. The van der Waals surface area contributed by atoms with Crippen molar-refractivity contribution in [3.05, 3.63) is 42.1 Å². The van der Waals surface area contributed by atoms with Gasteiger partial charge in [0.05, 0.1) is 7.11 Å². The molecular weight excluding hydrogens is 270 g/mol. The summed E-state index contributed by atoms with van der Waals surface area (Å²) in [5, 5.41) is 0. The van der Waals surface area contributed by atoms with Gasteiger partial charge in [-0.3, -0.25) is 0 Å². The van der Waals surface area contributed by atoms with E-state index >= 15 is 0 Å². The summed E-state index contributed by atoms with van der Waals surface area (Å²) in [5.74, 6) is -0.318. The lowest BCUT2D eigenvalue weighted by molar-refractivity contribution is -0.127. The third-order valence-corrected chi connectivity index (χ3v) is 3.18. The fraction of sp³-hybridized carbons (Fsp3) is 0.250. The van der Waals surface area contributed by atoms with Crippen LogP contribution < -0.4 is 9.47 Å². The zero-order chi connectivity index (χ0) is 15.0. The number of rotatable bonds is 2. The lowest BCUT2D eigenvalue weighted by Crippen LogP contribution is -2.39. The van der Waals surface area contributed by atoms with Gasteiger partial charge in [-0.05, 0) is 12.1 Å².